The molecule has 0 radical (unpaired) electrons. The second-order valence-corrected chi connectivity index (χ2v) is 3.74. The zero-order valence-corrected chi connectivity index (χ0v) is 10.0. The van der Waals surface area contributed by atoms with E-state index in [2.05, 4.69) is 5.32 Å². The highest BCUT2D eigenvalue weighted by molar-refractivity contribution is 5.47. The summed E-state index contributed by atoms with van der Waals surface area (Å²) in [5.41, 5.74) is -0.799. The van der Waals surface area contributed by atoms with Crippen LogP contribution in [0, 0.1) is 23.3 Å². The molecule has 18 heavy (non-hydrogen) atoms. The number of unbranched alkanes of at least 4 members (excludes halogenated alkanes) is 1. The van der Waals surface area contributed by atoms with E-state index in [-0.39, 0.29) is 19.2 Å². The first-order valence-corrected chi connectivity index (χ1v) is 5.72. The van der Waals surface area contributed by atoms with Gasteiger partial charge in [0.05, 0.1) is 6.61 Å². The van der Waals surface area contributed by atoms with Crippen LogP contribution in [0.15, 0.2) is 6.07 Å². The lowest BCUT2D eigenvalue weighted by Gasteiger charge is -2.10. The Morgan fingerprint density at radius 3 is 2.22 bits per heavy atom. The molecule has 0 heterocycles. The molecule has 0 saturated carbocycles. The summed E-state index contributed by atoms with van der Waals surface area (Å²) in [4.78, 5) is 0. The lowest BCUT2D eigenvalue weighted by Crippen LogP contribution is -2.13. The molecule has 0 fully saturated rings. The quantitative estimate of drug-likeness (QED) is 0.463. The van der Waals surface area contributed by atoms with E-state index in [1.807, 2.05) is 6.92 Å². The van der Waals surface area contributed by atoms with Crippen LogP contribution < -0.4 is 5.32 Å². The second kappa shape index (κ2) is 7.20. The van der Waals surface area contributed by atoms with E-state index >= 15 is 0 Å². The zero-order valence-electron chi connectivity index (χ0n) is 10.0. The van der Waals surface area contributed by atoms with Crippen molar-refractivity contribution >= 4 is 5.69 Å². The Balaban J connectivity index is 2.52. The molecular formula is C12H15F4NO. The number of hydrogen-bond donors (Lipinski definition) is 1. The van der Waals surface area contributed by atoms with E-state index in [0.717, 1.165) is 12.8 Å². The fourth-order valence-corrected chi connectivity index (χ4v) is 1.33. The first-order valence-electron chi connectivity index (χ1n) is 5.72. The molecule has 2 nitrogen and oxygen atoms in total. The van der Waals surface area contributed by atoms with Gasteiger partial charge in [0.15, 0.2) is 23.3 Å². The molecule has 1 aromatic rings. The van der Waals surface area contributed by atoms with Crippen LogP contribution in [0.4, 0.5) is 23.2 Å². The summed E-state index contributed by atoms with van der Waals surface area (Å²) in [5.74, 6) is -5.71. The minimum atomic E-state index is -1.43. The molecule has 0 unspecified atom stereocenters. The van der Waals surface area contributed by atoms with Gasteiger partial charge in [-0.2, -0.15) is 0 Å². The average molecular weight is 265 g/mol. The van der Waals surface area contributed by atoms with Crippen molar-refractivity contribution in [2.75, 3.05) is 25.1 Å². The van der Waals surface area contributed by atoms with E-state index in [4.69, 9.17) is 4.74 Å². The standard InChI is InChI=1S/C12H15F4NO/c1-2-3-5-18-6-4-17-12-10(15)8(13)7-9(14)11(12)16/h7,17H,2-6H2,1H3. The lowest BCUT2D eigenvalue weighted by molar-refractivity contribution is 0.141. The van der Waals surface area contributed by atoms with E-state index in [9.17, 15) is 17.6 Å². The largest absolute Gasteiger partial charge is 0.380 e. The minimum Gasteiger partial charge on any atom is -0.380 e. The van der Waals surface area contributed by atoms with E-state index in [0.29, 0.717) is 6.61 Å². The molecule has 102 valence electrons. The Morgan fingerprint density at radius 1 is 1.06 bits per heavy atom. The predicted octanol–water partition coefficient (Wildman–Crippen LogP) is 3.47. The highest BCUT2D eigenvalue weighted by Crippen LogP contribution is 2.23. The summed E-state index contributed by atoms with van der Waals surface area (Å²) in [6.45, 7) is 2.82. The van der Waals surface area contributed by atoms with Gasteiger partial charge in [-0.05, 0) is 6.42 Å². The fraction of sp³-hybridized carbons (Fsp3) is 0.500. The first kappa shape index (κ1) is 14.8. The van der Waals surface area contributed by atoms with Gasteiger partial charge in [0.25, 0.3) is 0 Å². The monoisotopic (exact) mass is 265 g/mol. The maximum Gasteiger partial charge on any atom is 0.185 e. The number of nitrogens with one attached hydrogen (secondary N) is 1. The molecule has 0 aliphatic heterocycles. The van der Waals surface area contributed by atoms with Crippen molar-refractivity contribution in [2.24, 2.45) is 0 Å². The van der Waals surface area contributed by atoms with Gasteiger partial charge in [-0.1, -0.05) is 13.3 Å². The summed E-state index contributed by atoms with van der Waals surface area (Å²) in [6.07, 6.45) is 1.86. The maximum absolute atomic E-state index is 13.2. The molecule has 1 rings (SSSR count). The normalized spacial score (nSPS) is 10.7. The van der Waals surface area contributed by atoms with Gasteiger partial charge in [-0.25, -0.2) is 17.6 Å². The molecule has 0 aliphatic rings. The van der Waals surface area contributed by atoms with Crippen LogP contribution in [0.5, 0.6) is 0 Å². The topological polar surface area (TPSA) is 21.3 Å². The SMILES string of the molecule is CCCCOCCNc1c(F)c(F)cc(F)c1F. The molecule has 0 saturated heterocycles. The lowest BCUT2D eigenvalue weighted by atomic mass is 10.2. The molecule has 6 heteroatoms. The Hall–Kier alpha value is -1.30. The molecule has 0 aromatic heterocycles. The molecule has 1 aromatic carbocycles. The molecule has 0 atom stereocenters. The summed E-state index contributed by atoms with van der Waals surface area (Å²) in [5, 5.41) is 2.28. The summed E-state index contributed by atoms with van der Waals surface area (Å²) in [7, 11) is 0. The Labute approximate surface area is 103 Å². The average Bonchev–Trinajstić information content (AvgIpc) is 2.35. The Kier molecular flexibility index (Phi) is 5.91. The summed E-state index contributed by atoms with van der Waals surface area (Å²) >= 11 is 0. The van der Waals surface area contributed by atoms with Gasteiger partial charge in [0.1, 0.15) is 5.69 Å². The van der Waals surface area contributed by atoms with Crippen molar-refractivity contribution in [3.8, 4) is 0 Å². The van der Waals surface area contributed by atoms with Gasteiger partial charge in [0, 0.05) is 19.2 Å². The maximum atomic E-state index is 13.2. The van der Waals surface area contributed by atoms with Crippen LogP contribution in [-0.4, -0.2) is 19.8 Å². The predicted molar refractivity (Wildman–Crippen MR) is 60.5 cm³/mol. The fourth-order valence-electron chi connectivity index (χ4n) is 1.33. The summed E-state index contributed by atoms with van der Waals surface area (Å²) < 4.78 is 57.2. The van der Waals surface area contributed by atoms with Crippen molar-refractivity contribution < 1.29 is 22.3 Å². The molecule has 0 spiro atoms. The number of anilines is 1. The smallest absolute Gasteiger partial charge is 0.185 e. The van der Waals surface area contributed by atoms with E-state index in [1.54, 1.807) is 0 Å². The van der Waals surface area contributed by atoms with Crippen molar-refractivity contribution in [3.05, 3.63) is 29.3 Å². The van der Waals surface area contributed by atoms with Crippen LogP contribution in [-0.2, 0) is 4.74 Å². The number of rotatable bonds is 7. The number of benzene rings is 1. The highest BCUT2D eigenvalue weighted by Gasteiger charge is 2.18. The number of ether oxygens (including phenoxy) is 1. The van der Waals surface area contributed by atoms with E-state index < -0.39 is 29.0 Å². The van der Waals surface area contributed by atoms with Crippen LogP contribution >= 0.6 is 0 Å². The van der Waals surface area contributed by atoms with Gasteiger partial charge >= 0.3 is 0 Å². The summed E-state index contributed by atoms with van der Waals surface area (Å²) in [6, 6.07) is 0.174. The van der Waals surface area contributed by atoms with Crippen LogP contribution in [0.25, 0.3) is 0 Å². The van der Waals surface area contributed by atoms with Gasteiger partial charge in [-0.15, -0.1) is 0 Å². The molecule has 0 bridgehead atoms. The third-order valence-corrected chi connectivity index (χ3v) is 2.30. The van der Waals surface area contributed by atoms with Crippen molar-refractivity contribution in [1.29, 1.82) is 0 Å². The first-order chi connectivity index (χ1) is 8.57. The van der Waals surface area contributed by atoms with E-state index in [1.165, 1.54) is 0 Å². The third kappa shape index (κ3) is 3.87. The van der Waals surface area contributed by atoms with Crippen LogP contribution in [0.2, 0.25) is 0 Å². The zero-order chi connectivity index (χ0) is 13.5. The third-order valence-electron chi connectivity index (χ3n) is 2.30. The Morgan fingerprint density at radius 2 is 1.67 bits per heavy atom. The number of hydrogen-bond acceptors (Lipinski definition) is 2. The second-order valence-electron chi connectivity index (χ2n) is 3.74. The van der Waals surface area contributed by atoms with Gasteiger partial charge in [0.2, 0.25) is 0 Å². The van der Waals surface area contributed by atoms with Crippen molar-refractivity contribution in [1.82, 2.24) is 0 Å². The highest BCUT2D eigenvalue weighted by atomic mass is 19.2. The molecular weight excluding hydrogens is 250 g/mol. The molecule has 0 amide bonds. The van der Waals surface area contributed by atoms with Crippen molar-refractivity contribution in [2.45, 2.75) is 19.8 Å². The molecule has 1 N–H and O–H groups in total. The van der Waals surface area contributed by atoms with Gasteiger partial charge < -0.3 is 10.1 Å². The Bertz CT molecular complexity index is 372. The van der Waals surface area contributed by atoms with Crippen LogP contribution in [0.1, 0.15) is 19.8 Å². The van der Waals surface area contributed by atoms with Crippen LogP contribution in [0.3, 0.4) is 0 Å². The molecule has 0 aliphatic carbocycles. The minimum absolute atomic E-state index is 0.0699. The van der Waals surface area contributed by atoms with Crippen molar-refractivity contribution in [3.63, 3.8) is 0 Å². The number of halogens is 4. The van der Waals surface area contributed by atoms with Gasteiger partial charge in [-0.3, -0.25) is 0 Å².